The molecule has 0 spiro atoms. The summed E-state index contributed by atoms with van der Waals surface area (Å²) in [6, 6.07) is 0. The van der Waals surface area contributed by atoms with E-state index >= 15 is 0 Å². The molecular formula is C10H13BrN2O3. The van der Waals surface area contributed by atoms with Crippen LogP contribution in [-0.2, 0) is 4.79 Å². The van der Waals surface area contributed by atoms with Gasteiger partial charge in [-0.25, -0.2) is 0 Å². The topological polar surface area (TPSA) is 83.3 Å². The Bertz CT molecular complexity index is 360. The second-order valence-electron chi connectivity index (χ2n) is 3.83. The molecule has 0 aliphatic carbocycles. The molecular weight excluding hydrogens is 276 g/mol. The zero-order valence-corrected chi connectivity index (χ0v) is 10.4. The Morgan fingerprint density at radius 1 is 1.62 bits per heavy atom. The lowest BCUT2D eigenvalue weighted by Crippen LogP contribution is -2.32. The Morgan fingerprint density at radius 2 is 2.31 bits per heavy atom. The van der Waals surface area contributed by atoms with Crippen molar-refractivity contribution in [1.29, 1.82) is 0 Å². The molecule has 0 saturated heterocycles. The largest absolute Gasteiger partial charge is 0.481 e. The van der Waals surface area contributed by atoms with Gasteiger partial charge in [0.1, 0.15) is 0 Å². The van der Waals surface area contributed by atoms with Crippen LogP contribution in [0.1, 0.15) is 23.9 Å². The molecule has 2 atom stereocenters. The molecule has 1 aromatic heterocycles. The summed E-state index contributed by atoms with van der Waals surface area (Å²) >= 11 is 3.35. The van der Waals surface area contributed by atoms with Crippen LogP contribution in [0.3, 0.4) is 0 Å². The van der Waals surface area contributed by atoms with Crippen molar-refractivity contribution in [2.45, 2.75) is 18.2 Å². The zero-order valence-electron chi connectivity index (χ0n) is 8.80. The Balaban J connectivity index is 2.78. The van der Waals surface area contributed by atoms with Gasteiger partial charge in [-0.05, 0) is 13.3 Å². The van der Waals surface area contributed by atoms with Gasteiger partial charge in [-0.1, -0.05) is 15.9 Å². The number of carboxylic acids is 1. The third-order valence-corrected chi connectivity index (χ3v) is 3.19. The molecule has 0 saturated carbocycles. The number of carboxylic acid groups (broad SMARTS) is 1. The van der Waals surface area contributed by atoms with Crippen LogP contribution in [-0.4, -0.2) is 32.8 Å². The van der Waals surface area contributed by atoms with Gasteiger partial charge in [0.05, 0.1) is 22.5 Å². The molecule has 0 radical (unpaired) electrons. The summed E-state index contributed by atoms with van der Waals surface area (Å²) in [5, 5.41) is 18.1. The number of aromatic nitrogens is 2. The quantitative estimate of drug-likeness (QED) is 0.800. The number of hydrogen-bond acceptors (Lipinski definition) is 4. The number of alkyl halides is 1. The Hall–Kier alpha value is -1.01. The van der Waals surface area contributed by atoms with Crippen molar-refractivity contribution in [3.63, 3.8) is 0 Å². The maximum absolute atomic E-state index is 11.0. The Labute approximate surface area is 102 Å². The molecule has 0 aliphatic rings. The SMILES string of the molecule is CC(CO)(CC(Br)c1cnccn1)C(=O)O. The maximum atomic E-state index is 11.0. The lowest BCUT2D eigenvalue weighted by molar-refractivity contribution is -0.150. The Kier molecular flexibility index (Phi) is 4.37. The lowest BCUT2D eigenvalue weighted by atomic mass is 9.86. The van der Waals surface area contributed by atoms with Gasteiger partial charge in [0.2, 0.25) is 0 Å². The first-order chi connectivity index (χ1) is 7.49. The summed E-state index contributed by atoms with van der Waals surface area (Å²) in [5.41, 5.74) is -0.519. The average Bonchev–Trinajstić information content (AvgIpc) is 2.29. The number of aliphatic hydroxyl groups excluding tert-OH is 1. The fourth-order valence-electron chi connectivity index (χ4n) is 1.19. The summed E-state index contributed by atoms with van der Waals surface area (Å²) < 4.78 is 0. The molecule has 88 valence electrons. The normalized spacial score (nSPS) is 16.4. The molecule has 1 heterocycles. The molecule has 16 heavy (non-hydrogen) atoms. The second kappa shape index (κ2) is 5.36. The van der Waals surface area contributed by atoms with Crippen LogP contribution >= 0.6 is 15.9 Å². The number of nitrogens with zero attached hydrogens (tertiary/aromatic N) is 2. The number of aliphatic carboxylic acids is 1. The molecule has 2 N–H and O–H groups in total. The predicted octanol–water partition coefficient (Wildman–Crippen LogP) is 1.39. The van der Waals surface area contributed by atoms with Crippen molar-refractivity contribution < 1.29 is 15.0 Å². The van der Waals surface area contributed by atoms with E-state index in [1.54, 1.807) is 18.6 Å². The second-order valence-corrected chi connectivity index (χ2v) is 4.93. The fourth-order valence-corrected chi connectivity index (χ4v) is 2.14. The van der Waals surface area contributed by atoms with Gasteiger partial charge >= 0.3 is 5.97 Å². The number of rotatable bonds is 5. The van der Waals surface area contributed by atoms with Crippen molar-refractivity contribution >= 4 is 21.9 Å². The highest BCUT2D eigenvalue weighted by Gasteiger charge is 2.35. The van der Waals surface area contributed by atoms with E-state index in [0.29, 0.717) is 5.69 Å². The summed E-state index contributed by atoms with van der Waals surface area (Å²) in [6.45, 7) is 1.09. The Morgan fingerprint density at radius 3 is 2.75 bits per heavy atom. The number of halogens is 1. The molecule has 0 bridgehead atoms. The summed E-state index contributed by atoms with van der Waals surface area (Å²) in [7, 11) is 0. The van der Waals surface area contributed by atoms with Crippen LogP contribution in [0.2, 0.25) is 0 Å². The van der Waals surface area contributed by atoms with Crippen LogP contribution in [0.15, 0.2) is 18.6 Å². The molecule has 1 rings (SSSR count). The third kappa shape index (κ3) is 2.99. The minimum absolute atomic E-state index is 0.241. The van der Waals surface area contributed by atoms with Gasteiger partial charge in [0.15, 0.2) is 0 Å². The van der Waals surface area contributed by atoms with E-state index in [0.717, 1.165) is 0 Å². The lowest BCUT2D eigenvalue weighted by Gasteiger charge is -2.24. The molecule has 0 aromatic carbocycles. The van der Waals surface area contributed by atoms with Crippen LogP contribution in [0.25, 0.3) is 0 Å². The number of carbonyl (C=O) groups is 1. The van der Waals surface area contributed by atoms with E-state index < -0.39 is 18.0 Å². The van der Waals surface area contributed by atoms with Crippen LogP contribution in [0.4, 0.5) is 0 Å². The smallest absolute Gasteiger partial charge is 0.311 e. The van der Waals surface area contributed by atoms with E-state index in [2.05, 4.69) is 25.9 Å². The fraction of sp³-hybridized carbons (Fsp3) is 0.500. The first-order valence-corrected chi connectivity index (χ1v) is 5.65. The van der Waals surface area contributed by atoms with Gasteiger partial charge in [0, 0.05) is 18.6 Å². The van der Waals surface area contributed by atoms with E-state index in [-0.39, 0.29) is 11.2 Å². The summed E-state index contributed by atoms with van der Waals surface area (Å²) in [4.78, 5) is 18.7. The van der Waals surface area contributed by atoms with Crippen molar-refractivity contribution in [2.75, 3.05) is 6.61 Å². The van der Waals surface area contributed by atoms with Crippen LogP contribution in [0, 0.1) is 5.41 Å². The maximum Gasteiger partial charge on any atom is 0.311 e. The zero-order chi connectivity index (χ0) is 12.2. The van der Waals surface area contributed by atoms with Gasteiger partial charge in [-0.3, -0.25) is 14.8 Å². The van der Waals surface area contributed by atoms with Crippen LogP contribution in [0.5, 0.6) is 0 Å². The molecule has 0 aliphatic heterocycles. The molecule has 6 heteroatoms. The van der Waals surface area contributed by atoms with Gasteiger partial charge in [-0.15, -0.1) is 0 Å². The third-order valence-electron chi connectivity index (χ3n) is 2.40. The molecule has 0 amide bonds. The standard InChI is InChI=1S/C10H13BrN2O3/c1-10(6-14,9(15)16)4-7(11)8-5-12-2-3-13-8/h2-3,5,7,14H,4,6H2,1H3,(H,15,16). The minimum atomic E-state index is -1.17. The minimum Gasteiger partial charge on any atom is -0.481 e. The molecule has 0 fully saturated rings. The monoisotopic (exact) mass is 288 g/mol. The van der Waals surface area contributed by atoms with Gasteiger partial charge in [0.25, 0.3) is 0 Å². The molecule has 5 nitrogen and oxygen atoms in total. The average molecular weight is 289 g/mol. The van der Waals surface area contributed by atoms with E-state index in [1.807, 2.05) is 0 Å². The highest BCUT2D eigenvalue weighted by Crippen LogP contribution is 2.34. The summed E-state index contributed by atoms with van der Waals surface area (Å²) in [5.74, 6) is -1.02. The van der Waals surface area contributed by atoms with Crippen molar-refractivity contribution in [2.24, 2.45) is 5.41 Å². The number of hydrogen-bond donors (Lipinski definition) is 2. The van der Waals surface area contributed by atoms with E-state index in [9.17, 15) is 4.79 Å². The van der Waals surface area contributed by atoms with Gasteiger partial charge < -0.3 is 10.2 Å². The highest BCUT2D eigenvalue weighted by atomic mass is 79.9. The van der Waals surface area contributed by atoms with Gasteiger partial charge in [-0.2, -0.15) is 0 Å². The van der Waals surface area contributed by atoms with Crippen LogP contribution < -0.4 is 0 Å². The highest BCUT2D eigenvalue weighted by molar-refractivity contribution is 9.09. The van der Waals surface area contributed by atoms with Crippen molar-refractivity contribution in [3.8, 4) is 0 Å². The molecule has 1 aromatic rings. The number of aliphatic hydroxyl groups is 1. The summed E-state index contributed by atoms with van der Waals surface area (Å²) in [6.07, 6.45) is 4.91. The first-order valence-electron chi connectivity index (χ1n) is 4.74. The van der Waals surface area contributed by atoms with Crippen molar-refractivity contribution in [3.05, 3.63) is 24.3 Å². The van der Waals surface area contributed by atoms with E-state index in [4.69, 9.17) is 10.2 Å². The van der Waals surface area contributed by atoms with E-state index in [1.165, 1.54) is 6.92 Å². The predicted molar refractivity (Wildman–Crippen MR) is 61.1 cm³/mol. The molecule has 2 unspecified atom stereocenters. The first kappa shape index (κ1) is 13.1. The van der Waals surface area contributed by atoms with Crippen molar-refractivity contribution in [1.82, 2.24) is 9.97 Å².